The number of rotatable bonds is 7. The van der Waals surface area contributed by atoms with Crippen LogP contribution >= 0.6 is 0 Å². The fourth-order valence-electron chi connectivity index (χ4n) is 3.31. The zero-order valence-electron chi connectivity index (χ0n) is 17.9. The molecule has 1 heterocycles. The maximum Gasteiger partial charge on any atom is 0.130 e. The van der Waals surface area contributed by atoms with Crippen molar-refractivity contribution in [2.24, 2.45) is 10.1 Å². The van der Waals surface area contributed by atoms with Crippen LogP contribution in [-0.2, 0) is 4.84 Å². The third kappa shape index (κ3) is 5.83. The maximum absolute atomic E-state index is 6.12. The molecule has 5 nitrogen and oxygen atoms in total. The molecule has 0 saturated carbocycles. The van der Waals surface area contributed by atoms with Gasteiger partial charge in [-0.05, 0) is 100 Å². The molecule has 2 aromatic carbocycles. The lowest BCUT2D eigenvalue weighted by Crippen LogP contribution is -2.28. The normalized spacial score (nSPS) is 15.0. The molecule has 5 heteroatoms. The Bertz CT molecular complexity index is 866. The monoisotopic (exact) mass is 393 g/mol. The number of oxime groups is 1. The zero-order valence-corrected chi connectivity index (χ0v) is 17.9. The highest BCUT2D eigenvalue weighted by Gasteiger charge is 2.09. The summed E-state index contributed by atoms with van der Waals surface area (Å²) in [5, 5.41) is 4.07. The predicted octanol–water partition coefficient (Wildman–Crippen LogP) is 6.00. The number of aliphatic imine (C=N–C) groups is 1. The van der Waals surface area contributed by atoms with Crippen LogP contribution in [0.15, 0.2) is 46.5 Å². The van der Waals surface area contributed by atoms with Crippen molar-refractivity contribution in [1.82, 2.24) is 4.90 Å². The molecular formula is C24H31N3O2. The van der Waals surface area contributed by atoms with Crippen LogP contribution in [0.25, 0.3) is 0 Å². The van der Waals surface area contributed by atoms with Gasteiger partial charge in [-0.2, -0.15) is 0 Å². The van der Waals surface area contributed by atoms with Gasteiger partial charge in [0.25, 0.3) is 0 Å². The van der Waals surface area contributed by atoms with Gasteiger partial charge in [0.05, 0.1) is 17.7 Å². The molecule has 0 spiro atoms. The molecule has 3 rings (SSSR count). The highest BCUT2D eigenvalue weighted by molar-refractivity contribution is 5.98. The van der Waals surface area contributed by atoms with Crippen molar-refractivity contribution in [3.05, 3.63) is 53.1 Å². The van der Waals surface area contributed by atoms with Crippen molar-refractivity contribution in [1.29, 1.82) is 0 Å². The number of hydrogen-bond acceptors (Lipinski definition) is 4. The molecule has 1 aliphatic heterocycles. The van der Waals surface area contributed by atoms with Gasteiger partial charge in [0.2, 0.25) is 0 Å². The van der Waals surface area contributed by atoms with Crippen LogP contribution in [0.2, 0.25) is 0 Å². The van der Waals surface area contributed by atoms with Crippen molar-refractivity contribution in [2.45, 2.75) is 47.0 Å². The Balaban J connectivity index is 1.69. The van der Waals surface area contributed by atoms with Gasteiger partial charge < -0.3 is 14.5 Å². The summed E-state index contributed by atoms with van der Waals surface area (Å²) in [4.78, 5) is 12.1. The highest BCUT2D eigenvalue weighted by Crippen LogP contribution is 2.31. The topological polar surface area (TPSA) is 46.4 Å². The Kier molecular flexibility index (Phi) is 7.28. The van der Waals surface area contributed by atoms with E-state index in [1.54, 1.807) is 0 Å². The molecule has 1 fully saturated rings. The number of likely N-dealkylation sites (tertiary alicyclic amines) is 1. The fourth-order valence-corrected chi connectivity index (χ4v) is 3.31. The Morgan fingerprint density at radius 1 is 1.03 bits per heavy atom. The Labute approximate surface area is 174 Å². The molecule has 0 amide bonds. The molecule has 1 saturated heterocycles. The third-order valence-electron chi connectivity index (χ3n) is 5.07. The van der Waals surface area contributed by atoms with Crippen LogP contribution in [0.5, 0.6) is 11.5 Å². The largest absolute Gasteiger partial charge is 0.457 e. The minimum atomic E-state index is 0.565. The predicted molar refractivity (Wildman–Crippen MR) is 120 cm³/mol. The van der Waals surface area contributed by atoms with E-state index in [9.17, 15) is 0 Å². The van der Waals surface area contributed by atoms with Crippen molar-refractivity contribution >= 4 is 17.7 Å². The minimum absolute atomic E-state index is 0.565. The van der Waals surface area contributed by atoms with E-state index in [1.165, 1.54) is 19.3 Å². The van der Waals surface area contributed by atoms with Crippen LogP contribution in [0.1, 0.15) is 49.8 Å². The lowest BCUT2D eigenvalue weighted by molar-refractivity contribution is 0.159. The molecule has 0 bridgehead atoms. The molecule has 29 heavy (non-hydrogen) atoms. The van der Waals surface area contributed by atoms with Gasteiger partial charge in [-0.15, -0.1) is 0 Å². The first-order chi connectivity index (χ1) is 14.1. The van der Waals surface area contributed by atoms with E-state index in [4.69, 9.17) is 14.6 Å². The highest BCUT2D eigenvalue weighted by atomic mass is 16.6. The second-order valence-electron chi connectivity index (χ2n) is 7.47. The number of piperidine rings is 1. The molecule has 0 radical (unpaired) electrons. The van der Waals surface area contributed by atoms with Crippen molar-refractivity contribution in [3.63, 3.8) is 0 Å². The van der Waals surface area contributed by atoms with Crippen LogP contribution < -0.4 is 4.74 Å². The molecule has 154 valence electrons. The number of benzene rings is 2. The van der Waals surface area contributed by atoms with Gasteiger partial charge >= 0.3 is 0 Å². The molecule has 2 aromatic rings. The molecule has 0 N–H and O–H groups in total. The van der Waals surface area contributed by atoms with E-state index >= 15 is 0 Å². The second kappa shape index (κ2) is 10.1. The summed E-state index contributed by atoms with van der Waals surface area (Å²) < 4.78 is 6.12. The van der Waals surface area contributed by atoms with Gasteiger partial charge in [0.15, 0.2) is 0 Å². The summed E-state index contributed by atoms with van der Waals surface area (Å²) in [5.41, 5.74) is 5.04. The minimum Gasteiger partial charge on any atom is -0.457 e. The Morgan fingerprint density at radius 2 is 1.76 bits per heavy atom. The Hall–Kier alpha value is -2.82. The summed E-state index contributed by atoms with van der Waals surface area (Å²) in [7, 11) is 0. The van der Waals surface area contributed by atoms with E-state index in [2.05, 4.69) is 36.0 Å². The standard InChI is InChI=1S/C24H31N3O2/c1-5-28-26-20(4)21-9-11-22(12-10-21)29-24-16-18(2)23(15-19(24)3)25-17-27-13-7-6-8-14-27/h9-12,15-17H,5-8,13-14H2,1-4H3/b25-17+,26-20?. The van der Waals surface area contributed by atoms with Crippen LogP contribution in [0, 0.1) is 13.8 Å². The number of hydrogen-bond donors (Lipinski definition) is 0. The van der Waals surface area contributed by atoms with E-state index < -0.39 is 0 Å². The average Bonchev–Trinajstić information content (AvgIpc) is 2.74. The molecule has 0 aliphatic carbocycles. The van der Waals surface area contributed by atoms with E-state index in [0.717, 1.165) is 52.7 Å². The van der Waals surface area contributed by atoms with E-state index in [1.807, 2.05) is 44.5 Å². The average molecular weight is 394 g/mol. The van der Waals surface area contributed by atoms with Crippen molar-refractivity contribution < 1.29 is 9.57 Å². The molecule has 1 aliphatic rings. The number of ether oxygens (including phenoxy) is 1. The summed E-state index contributed by atoms with van der Waals surface area (Å²) in [6, 6.07) is 12.1. The fraction of sp³-hybridized carbons (Fsp3) is 0.417. The number of nitrogens with zero attached hydrogens (tertiary/aromatic N) is 3. The van der Waals surface area contributed by atoms with Gasteiger partial charge in [-0.25, -0.2) is 4.99 Å². The second-order valence-corrected chi connectivity index (χ2v) is 7.47. The van der Waals surface area contributed by atoms with Crippen LogP contribution in [0.4, 0.5) is 5.69 Å². The van der Waals surface area contributed by atoms with Gasteiger partial charge in [-0.3, -0.25) is 0 Å². The molecule has 0 unspecified atom stereocenters. The van der Waals surface area contributed by atoms with Crippen molar-refractivity contribution in [2.75, 3.05) is 19.7 Å². The van der Waals surface area contributed by atoms with Crippen molar-refractivity contribution in [3.8, 4) is 11.5 Å². The summed E-state index contributed by atoms with van der Waals surface area (Å²) >= 11 is 0. The molecular weight excluding hydrogens is 362 g/mol. The van der Waals surface area contributed by atoms with Gasteiger partial charge in [-0.1, -0.05) is 5.16 Å². The van der Waals surface area contributed by atoms with E-state index in [0.29, 0.717) is 6.61 Å². The molecule has 0 aromatic heterocycles. The smallest absolute Gasteiger partial charge is 0.130 e. The summed E-state index contributed by atoms with van der Waals surface area (Å²) in [6.45, 7) is 10.8. The number of aryl methyl sites for hydroxylation is 2. The maximum atomic E-state index is 6.12. The lowest BCUT2D eigenvalue weighted by Gasteiger charge is -2.24. The first kappa shape index (κ1) is 20.9. The lowest BCUT2D eigenvalue weighted by atomic mass is 10.1. The third-order valence-corrected chi connectivity index (χ3v) is 5.07. The molecule has 0 atom stereocenters. The SMILES string of the molecule is CCON=C(C)c1ccc(Oc2cc(C)c(/N=C/N3CCCCC3)cc2C)cc1. The first-order valence-electron chi connectivity index (χ1n) is 10.4. The first-order valence-corrected chi connectivity index (χ1v) is 10.4. The van der Waals surface area contributed by atoms with Gasteiger partial charge in [0.1, 0.15) is 18.1 Å². The zero-order chi connectivity index (χ0) is 20.6. The summed E-state index contributed by atoms with van der Waals surface area (Å²) in [5.74, 6) is 1.65. The van der Waals surface area contributed by atoms with Crippen LogP contribution in [0.3, 0.4) is 0 Å². The Morgan fingerprint density at radius 3 is 2.45 bits per heavy atom. The van der Waals surface area contributed by atoms with E-state index in [-0.39, 0.29) is 0 Å². The quantitative estimate of drug-likeness (QED) is 0.329. The summed E-state index contributed by atoms with van der Waals surface area (Å²) in [6.07, 6.45) is 5.83. The van der Waals surface area contributed by atoms with Gasteiger partial charge in [0, 0.05) is 13.1 Å². The van der Waals surface area contributed by atoms with Crippen LogP contribution in [-0.4, -0.2) is 36.6 Å².